The predicted octanol–water partition coefficient (Wildman–Crippen LogP) is 7.93. The highest BCUT2D eigenvalue weighted by Gasteiger charge is 2.32. The van der Waals surface area contributed by atoms with Crippen molar-refractivity contribution in [1.29, 1.82) is 0 Å². The standard InChI is InChI=1S/C24H16F6O/c1-2-3-13-4-7-17-16-8-5-14(10-18(16)20(25)12-19(17)23(13)27)15-6-9-22(21(26)11-15)31-24(28,29)30/h4-12H,2-3H2,1H3. The van der Waals surface area contributed by atoms with Gasteiger partial charge in [-0.2, -0.15) is 0 Å². The molecule has 0 heterocycles. The Morgan fingerprint density at radius 3 is 2.03 bits per heavy atom. The average molecular weight is 434 g/mol. The minimum absolute atomic E-state index is 0.184. The molecule has 0 saturated heterocycles. The van der Waals surface area contributed by atoms with Gasteiger partial charge in [0.1, 0.15) is 11.6 Å². The second-order valence-corrected chi connectivity index (χ2v) is 7.20. The van der Waals surface area contributed by atoms with E-state index in [1.54, 1.807) is 24.3 Å². The lowest BCUT2D eigenvalue weighted by Gasteiger charge is -2.12. The van der Waals surface area contributed by atoms with Gasteiger partial charge in [-0.25, -0.2) is 13.2 Å². The second kappa shape index (κ2) is 7.80. The molecule has 0 unspecified atom stereocenters. The Balaban J connectivity index is 1.81. The molecule has 0 aliphatic carbocycles. The summed E-state index contributed by atoms with van der Waals surface area (Å²) in [6, 6.07) is 12.2. The van der Waals surface area contributed by atoms with Crippen molar-refractivity contribution in [3.05, 3.63) is 77.6 Å². The van der Waals surface area contributed by atoms with Crippen molar-refractivity contribution in [2.75, 3.05) is 0 Å². The van der Waals surface area contributed by atoms with Crippen molar-refractivity contribution < 1.29 is 31.1 Å². The van der Waals surface area contributed by atoms with E-state index in [1.165, 1.54) is 12.1 Å². The summed E-state index contributed by atoms with van der Waals surface area (Å²) in [4.78, 5) is 0. The van der Waals surface area contributed by atoms with Gasteiger partial charge >= 0.3 is 6.36 Å². The van der Waals surface area contributed by atoms with Gasteiger partial charge in [0.05, 0.1) is 0 Å². The van der Waals surface area contributed by atoms with Gasteiger partial charge in [0, 0.05) is 10.8 Å². The molecule has 0 bridgehead atoms. The van der Waals surface area contributed by atoms with E-state index in [2.05, 4.69) is 4.74 Å². The Labute approximate surface area is 173 Å². The smallest absolute Gasteiger partial charge is 0.403 e. The molecule has 0 amide bonds. The van der Waals surface area contributed by atoms with Crippen molar-refractivity contribution in [3.63, 3.8) is 0 Å². The average Bonchev–Trinajstić information content (AvgIpc) is 2.71. The number of hydrogen-bond acceptors (Lipinski definition) is 1. The maximum absolute atomic E-state index is 14.9. The minimum Gasteiger partial charge on any atom is -0.403 e. The van der Waals surface area contributed by atoms with Gasteiger partial charge in [-0.05, 0) is 58.1 Å². The first-order chi connectivity index (χ1) is 14.7. The third-order valence-corrected chi connectivity index (χ3v) is 5.11. The Kier molecular flexibility index (Phi) is 5.29. The summed E-state index contributed by atoms with van der Waals surface area (Å²) in [5, 5.41) is 1.41. The number of rotatable bonds is 4. The third kappa shape index (κ3) is 4.04. The lowest BCUT2D eigenvalue weighted by molar-refractivity contribution is -0.275. The lowest BCUT2D eigenvalue weighted by atomic mass is 9.95. The molecule has 0 radical (unpaired) electrons. The molecule has 0 saturated carbocycles. The molecule has 0 aliphatic rings. The Hall–Kier alpha value is -3.22. The fourth-order valence-corrected chi connectivity index (χ4v) is 3.73. The van der Waals surface area contributed by atoms with Gasteiger partial charge in [-0.15, -0.1) is 13.2 Å². The zero-order valence-electron chi connectivity index (χ0n) is 16.3. The van der Waals surface area contributed by atoms with E-state index in [9.17, 15) is 26.3 Å². The minimum atomic E-state index is -5.01. The molecule has 4 rings (SSSR count). The molecule has 160 valence electrons. The molecular formula is C24H16F6O. The third-order valence-electron chi connectivity index (χ3n) is 5.11. The summed E-state index contributed by atoms with van der Waals surface area (Å²) in [5.41, 5.74) is 1.16. The molecule has 0 N–H and O–H groups in total. The van der Waals surface area contributed by atoms with Crippen LogP contribution in [0.25, 0.3) is 32.7 Å². The fourth-order valence-electron chi connectivity index (χ4n) is 3.73. The number of halogens is 6. The van der Waals surface area contributed by atoms with E-state index in [0.717, 1.165) is 24.6 Å². The van der Waals surface area contributed by atoms with Crippen molar-refractivity contribution in [1.82, 2.24) is 0 Å². The van der Waals surface area contributed by atoms with Crippen LogP contribution in [0.3, 0.4) is 0 Å². The van der Waals surface area contributed by atoms with Crippen molar-refractivity contribution in [3.8, 4) is 16.9 Å². The van der Waals surface area contributed by atoms with Gasteiger partial charge in [0.25, 0.3) is 0 Å². The van der Waals surface area contributed by atoms with Crippen LogP contribution in [0.15, 0.2) is 54.6 Å². The lowest BCUT2D eigenvalue weighted by Crippen LogP contribution is -2.17. The molecule has 4 aromatic carbocycles. The van der Waals surface area contributed by atoms with Gasteiger partial charge in [-0.1, -0.05) is 43.7 Å². The van der Waals surface area contributed by atoms with E-state index < -0.39 is 29.6 Å². The van der Waals surface area contributed by atoms with Crippen LogP contribution in [-0.4, -0.2) is 6.36 Å². The molecule has 0 aliphatic heterocycles. The highest BCUT2D eigenvalue weighted by Crippen LogP contribution is 2.35. The number of aryl methyl sites for hydroxylation is 1. The summed E-state index contributed by atoms with van der Waals surface area (Å²) >= 11 is 0. The van der Waals surface area contributed by atoms with Crippen LogP contribution < -0.4 is 4.74 Å². The maximum atomic E-state index is 14.9. The fraction of sp³-hybridized carbons (Fsp3) is 0.167. The zero-order valence-corrected chi connectivity index (χ0v) is 16.3. The van der Waals surface area contributed by atoms with Crippen molar-refractivity contribution >= 4 is 21.5 Å². The largest absolute Gasteiger partial charge is 0.573 e. The first-order valence-electron chi connectivity index (χ1n) is 9.57. The van der Waals surface area contributed by atoms with Gasteiger partial charge in [0.15, 0.2) is 11.6 Å². The molecule has 0 aromatic heterocycles. The number of alkyl halides is 3. The van der Waals surface area contributed by atoms with Crippen LogP contribution in [-0.2, 0) is 6.42 Å². The number of fused-ring (bicyclic) bond motifs is 3. The summed E-state index contributed by atoms with van der Waals surface area (Å²) < 4.78 is 84.4. The molecule has 4 aromatic rings. The maximum Gasteiger partial charge on any atom is 0.573 e. The number of benzene rings is 4. The zero-order chi connectivity index (χ0) is 22.3. The predicted molar refractivity (Wildman–Crippen MR) is 107 cm³/mol. The molecular weight excluding hydrogens is 418 g/mol. The monoisotopic (exact) mass is 434 g/mol. The Bertz CT molecular complexity index is 1290. The first-order valence-corrected chi connectivity index (χ1v) is 9.57. The summed E-state index contributed by atoms with van der Waals surface area (Å²) in [5.74, 6) is -3.24. The number of ether oxygens (including phenoxy) is 1. The SMILES string of the molecule is CCCc1ccc2c(cc(F)c3cc(-c4ccc(OC(F)(F)F)c(F)c4)ccc32)c1F. The van der Waals surface area contributed by atoms with Crippen LogP contribution >= 0.6 is 0 Å². The normalized spacial score (nSPS) is 12.0. The quantitative estimate of drug-likeness (QED) is 0.234. The summed E-state index contributed by atoms with van der Waals surface area (Å²) in [6.45, 7) is 1.93. The molecule has 7 heteroatoms. The Morgan fingerprint density at radius 2 is 1.35 bits per heavy atom. The van der Waals surface area contributed by atoms with Crippen LogP contribution in [0.5, 0.6) is 5.75 Å². The Morgan fingerprint density at radius 1 is 0.710 bits per heavy atom. The van der Waals surface area contributed by atoms with Crippen LogP contribution in [0.4, 0.5) is 26.3 Å². The number of hydrogen-bond donors (Lipinski definition) is 0. The van der Waals surface area contributed by atoms with Crippen molar-refractivity contribution in [2.24, 2.45) is 0 Å². The van der Waals surface area contributed by atoms with Gasteiger partial charge < -0.3 is 4.74 Å². The highest BCUT2D eigenvalue weighted by molar-refractivity contribution is 6.09. The van der Waals surface area contributed by atoms with E-state index in [4.69, 9.17) is 0 Å². The van der Waals surface area contributed by atoms with E-state index in [1.807, 2.05) is 6.92 Å². The van der Waals surface area contributed by atoms with E-state index >= 15 is 0 Å². The summed E-state index contributed by atoms with van der Waals surface area (Å²) in [7, 11) is 0. The first kappa shape index (κ1) is 21.0. The van der Waals surface area contributed by atoms with Crippen molar-refractivity contribution in [2.45, 2.75) is 26.1 Å². The van der Waals surface area contributed by atoms with Crippen LogP contribution in [0.2, 0.25) is 0 Å². The van der Waals surface area contributed by atoms with Crippen LogP contribution in [0.1, 0.15) is 18.9 Å². The topological polar surface area (TPSA) is 9.23 Å². The molecule has 0 spiro atoms. The highest BCUT2D eigenvalue weighted by atomic mass is 19.4. The van der Waals surface area contributed by atoms with E-state index in [-0.39, 0.29) is 16.3 Å². The van der Waals surface area contributed by atoms with Gasteiger partial charge in [-0.3, -0.25) is 0 Å². The molecule has 31 heavy (non-hydrogen) atoms. The van der Waals surface area contributed by atoms with E-state index in [0.29, 0.717) is 28.3 Å². The molecule has 1 nitrogen and oxygen atoms in total. The van der Waals surface area contributed by atoms with Crippen LogP contribution in [0, 0.1) is 17.5 Å². The molecule has 0 atom stereocenters. The second-order valence-electron chi connectivity index (χ2n) is 7.20. The van der Waals surface area contributed by atoms with Gasteiger partial charge in [0.2, 0.25) is 0 Å². The molecule has 0 fully saturated rings. The summed E-state index contributed by atoms with van der Waals surface area (Å²) in [6.07, 6.45) is -3.72.